The van der Waals surface area contributed by atoms with Gasteiger partial charge in [-0.25, -0.2) is 0 Å². The molecule has 3 fully saturated rings. The highest BCUT2D eigenvalue weighted by Crippen LogP contribution is 2.12. The molecule has 0 aromatic rings. The normalized spacial score (nSPS) is 35.4. The third-order valence-electron chi connectivity index (χ3n) is 3.69. The average molecular weight is 310 g/mol. The van der Waals surface area contributed by atoms with Crippen LogP contribution in [-0.2, 0) is 0 Å². The predicted molar refractivity (Wildman–Crippen MR) is 55.1 cm³/mol. The molecule has 0 radical (unpaired) electrons. The third kappa shape index (κ3) is 3.07. The molecule has 0 saturated carbocycles. The van der Waals surface area contributed by atoms with Crippen molar-refractivity contribution in [3.63, 3.8) is 0 Å². The Morgan fingerprint density at radius 1 is 1.21 bits per heavy atom. The number of piperazine rings is 3. The largest absolute Gasteiger partial charge is 1.00 e. The van der Waals surface area contributed by atoms with E-state index in [-0.39, 0.29) is 24.0 Å². The van der Waals surface area contributed by atoms with Gasteiger partial charge in [0.15, 0.2) is 0 Å². The van der Waals surface area contributed by atoms with E-state index in [2.05, 4.69) is 11.8 Å². The minimum absolute atomic E-state index is 0. The second-order valence-corrected chi connectivity index (χ2v) is 4.64. The van der Waals surface area contributed by atoms with E-state index in [1.165, 1.54) is 58.4 Å². The van der Waals surface area contributed by atoms with Crippen molar-refractivity contribution in [1.82, 2.24) is 4.90 Å². The number of unbranched alkanes of at least 4 members (excludes halogenated alkanes) is 2. The number of quaternary nitrogens is 1. The lowest BCUT2D eigenvalue weighted by molar-refractivity contribution is -0.918. The SMILES string of the molecule is CCCCCC1C[NH+]2CCN1CC2.[I-]. The Morgan fingerprint density at radius 3 is 2.43 bits per heavy atom. The molecule has 3 aliphatic heterocycles. The number of nitrogens with zero attached hydrogens (tertiary/aromatic N) is 1. The van der Waals surface area contributed by atoms with Crippen LogP contribution in [0.1, 0.15) is 32.6 Å². The van der Waals surface area contributed by atoms with E-state index in [4.69, 9.17) is 0 Å². The zero-order valence-corrected chi connectivity index (χ0v) is 11.4. The molecule has 0 aromatic carbocycles. The Labute approximate surface area is 105 Å². The minimum atomic E-state index is 0. The molecule has 1 atom stereocenters. The quantitative estimate of drug-likeness (QED) is 0.434. The van der Waals surface area contributed by atoms with Gasteiger partial charge in [-0.2, -0.15) is 0 Å². The Balaban J connectivity index is 0.000000980. The van der Waals surface area contributed by atoms with Crippen LogP contribution in [0.3, 0.4) is 0 Å². The van der Waals surface area contributed by atoms with Crippen LogP contribution >= 0.6 is 0 Å². The number of fused-ring (bicyclic) bond motifs is 3. The van der Waals surface area contributed by atoms with E-state index in [9.17, 15) is 0 Å². The summed E-state index contributed by atoms with van der Waals surface area (Å²) in [6.07, 6.45) is 5.70. The lowest BCUT2D eigenvalue weighted by Gasteiger charge is -2.44. The van der Waals surface area contributed by atoms with Gasteiger partial charge in [0.2, 0.25) is 0 Å². The highest BCUT2D eigenvalue weighted by Gasteiger charge is 2.34. The van der Waals surface area contributed by atoms with Gasteiger partial charge in [0.1, 0.15) is 0 Å². The van der Waals surface area contributed by atoms with Gasteiger partial charge in [-0.1, -0.05) is 26.2 Å². The lowest BCUT2D eigenvalue weighted by Crippen LogP contribution is -3.18. The van der Waals surface area contributed by atoms with Gasteiger partial charge in [0, 0.05) is 13.1 Å². The maximum Gasteiger partial charge on any atom is 0.0929 e. The summed E-state index contributed by atoms with van der Waals surface area (Å²) in [5.41, 5.74) is 0. The van der Waals surface area contributed by atoms with Crippen molar-refractivity contribution in [3.05, 3.63) is 0 Å². The second kappa shape index (κ2) is 6.28. The van der Waals surface area contributed by atoms with Crippen molar-refractivity contribution >= 4 is 0 Å². The van der Waals surface area contributed by atoms with Gasteiger partial charge < -0.3 is 28.9 Å². The van der Waals surface area contributed by atoms with Gasteiger partial charge >= 0.3 is 0 Å². The molecule has 0 spiro atoms. The van der Waals surface area contributed by atoms with Crippen LogP contribution < -0.4 is 28.9 Å². The smallest absolute Gasteiger partial charge is 0.0929 e. The fraction of sp³-hybridized carbons (Fsp3) is 1.00. The standard InChI is InChI=1S/C11H22N2.HI/c1-2-3-4-5-11-10-12-6-8-13(11)9-7-12;/h11H,2-10H2,1H3;1H. The maximum atomic E-state index is 2.72. The van der Waals surface area contributed by atoms with Crippen molar-refractivity contribution in [2.24, 2.45) is 0 Å². The van der Waals surface area contributed by atoms with Gasteiger partial charge in [-0.05, 0) is 6.42 Å². The summed E-state index contributed by atoms with van der Waals surface area (Å²) in [5.74, 6) is 0. The summed E-state index contributed by atoms with van der Waals surface area (Å²) in [4.78, 5) is 4.59. The molecule has 3 aliphatic rings. The molecule has 3 heterocycles. The fourth-order valence-corrected chi connectivity index (χ4v) is 2.79. The zero-order valence-electron chi connectivity index (χ0n) is 9.27. The number of halogens is 1. The van der Waals surface area contributed by atoms with Crippen LogP contribution in [0.15, 0.2) is 0 Å². The summed E-state index contributed by atoms with van der Waals surface area (Å²) in [5, 5.41) is 0. The van der Waals surface area contributed by atoms with E-state index in [0.717, 1.165) is 6.04 Å². The van der Waals surface area contributed by atoms with Gasteiger partial charge in [-0.15, -0.1) is 0 Å². The van der Waals surface area contributed by atoms with Gasteiger partial charge in [0.25, 0.3) is 0 Å². The summed E-state index contributed by atoms with van der Waals surface area (Å²) < 4.78 is 0. The van der Waals surface area contributed by atoms with Crippen LogP contribution in [0, 0.1) is 0 Å². The Kier molecular flexibility index (Phi) is 5.71. The van der Waals surface area contributed by atoms with Gasteiger partial charge in [-0.3, -0.25) is 4.90 Å². The molecule has 0 aliphatic carbocycles. The van der Waals surface area contributed by atoms with E-state index in [1.807, 2.05) is 4.90 Å². The van der Waals surface area contributed by atoms with Crippen molar-refractivity contribution in [2.75, 3.05) is 32.7 Å². The van der Waals surface area contributed by atoms with Crippen LogP contribution in [0.4, 0.5) is 0 Å². The van der Waals surface area contributed by atoms with Crippen molar-refractivity contribution < 1.29 is 28.9 Å². The molecule has 14 heavy (non-hydrogen) atoms. The summed E-state index contributed by atoms with van der Waals surface area (Å²) in [6, 6.07) is 0.934. The van der Waals surface area contributed by atoms with Crippen molar-refractivity contribution in [2.45, 2.75) is 38.6 Å². The monoisotopic (exact) mass is 310 g/mol. The first-order valence-electron chi connectivity index (χ1n) is 5.97. The molecule has 2 bridgehead atoms. The molecule has 2 nitrogen and oxygen atoms in total. The average Bonchev–Trinajstić information content (AvgIpc) is 2.20. The van der Waals surface area contributed by atoms with Crippen LogP contribution in [0.2, 0.25) is 0 Å². The Hall–Kier alpha value is 0.650. The fourth-order valence-electron chi connectivity index (χ4n) is 2.79. The molecule has 3 rings (SSSR count). The molecule has 1 unspecified atom stereocenters. The number of nitrogens with one attached hydrogen (secondary N) is 1. The van der Waals surface area contributed by atoms with E-state index >= 15 is 0 Å². The molecule has 3 saturated heterocycles. The van der Waals surface area contributed by atoms with Crippen molar-refractivity contribution in [3.8, 4) is 0 Å². The molecule has 3 heteroatoms. The third-order valence-corrected chi connectivity index (χ3v) is 3.69. The first-order valence-corrected chi connectivity index (χ1v) is 5.97. The molecule has 1 N–H and O–H groups in total. The van der Waals surface area contributed by atoms with Crippen molar-refractivity contribution in [1.29, 1.82) is 0 Å². The number of hydrogen-bond donors (Lipinski definition) is 1. The van der Waals surface area contributed by atoms with Crippen LogP contribution in [0.25, 0.3) is 0 Å². The predicted octanol–water partition coefficient (Wildman–Crippen LogP) is -2.85. The number of hydrogen-bond acceptors (Lipinski definition) is 1. The van der Waals surface area contributed by atoms with E-state index < -0.39 is 0 Å². The zero-order chi connectivity index (χ0) is 9.10. The Morgan fingerprint density at radius 2 is 1.93 bits per heavy atom. The van der Waals surface area contributed by atoms with E-state index in [0.29, 0.717) is 0 Å². The first-order chi connectivity index (χ1) is 6.40. The minimum Gasteiger partial charge on any atom is -1.00 e. The molecule has 0 aromatic heterocycles. The van der Waals surface area contributed by atoms with Gasteiger partial charge in [0.05, 0.1) is 25.7 Å². The topological polar surface area (TPSA) is 7.68 Å². The van der Waals surface area contributed by atoms with Crippen LogP contribution in [-0.4, -0.2) is 43.7 Å². The number of rotatable bonds is 4. The summed E-state index contributed by atoms with van der Waals surface area (Å²) >= 11 is 0. The molecular formula is C11H23IN2. The first kappa shape index (κ1) is 12.7. The lowest BCUT2D eigenvalue weighted by atomic mass is 10.0. The highest BCUT2D eigenvalue weighted by atomic mass is 127. The maximum absolute atomic E-state index is 2.72. The molecule has 84 valence electrons. The molecular weight excluding hydrogens is 287 g/mol. The summed E-state index contributed by atoms with van der Waals surface area (Å²) in [7, 11) is 0. The van der Waals surface area contributed by atoms with Crippen LogP contribution in [0.5, 0.6) is 0 Å². The summed E-state index contributed by atoms with van der Waals surface area (Å²) in [6.45, 7) is 9.28. The highest BCUT2D eigenvalue weighted by molar-refractivity contribution is 4.77. The Bertz CT molecular complexity index is 155. The molecule has 0 amide bonds. The second-order valence-electron chi connectivity index (χ2n) is 4.64. The van der Waals surface area contributed by atoms with E-state index in [1.54, 1.807) is 0 Å².